The van der Waals surface area contributed by atoms with Gasteiger partial charge in [0.2, 0.25) is 0 Å². The fourth-order valence-corrected chi connectivity index (χ4v) is 1.85. The van der Waals surface area contributed by atoms with Gasteiger partial charge in [-0.3, -0.25) is 5.32 Å². The van der Waals surface area contributed by atoms with Crippen LogP contribution in [0.1, 0.15) is 16.8 Å². The summed E-state index contributed by atoms with van der Waals surface area (Å²) >= 11 is 0. The molecular weight excluding hydrogens is 250 g/mol. The maximum absolute atomic E-state index is 11.7. The van der Waals surface area contributed by atoms with Crippen molar-refractivity contribution in [1.82, 2.24) is 10.3 Å². The van der Waals surface area contributed by atoms with Gasteiger partial charge >= 0.3 is 6.03 Å². The summed E-state index contributed by atoms with van der Waals surface area (Å²) in [5.41, 5.74) is 3.33. The van der Waals surface area contributed by atoms with Gasteiger partial charge in [0, 0.05) is 12.2 Å². The first kappa shape index (κ1) is 14.1. The summed E-state index contributed by atoms with van der Waals surface area (Å²) < 4.78 is 0. The zero-order chi connectivity index (χ0) is 14.4. The first-order chi connectivity index (χ1) is 9.63. The van der Waals surface area contributed by atoms with Crippen molar-refractivity contribution in [2.45, 2.75) is 20.3 Å². The highest BCUT2D eigenvalue weighted by Crippen LogP contribution is 2.04. The maximum atomic E-state index is 11.7. The molecule has 1 aromatic carbocycles. The number of nitrogens with zero attached hydrogens (tertiary/aromatic N) is 1. The van der Waals surface area contributed by atoms with E-state index in [9.17, 15) is 4.79 Å². The number of amides is 2. The topological polar surface area (TPSA) is 54.0 Å². The number of aryl methyl sites for hydroxylation is 2. The van der Waals surface area contributed by atoms with E-state index in [1.807, 2.05) is 19.1 Å². The number of rotatable bonds is 4. The van der Waals surface area contributed by atoms with Gasteiger partial charge in [-0.15, -0.1) is 0 Å². The van der Waals surface area contributed by atoms with Crippen molar-refractivity contribution in [2.24, 2.45) is 0 Å². The molecule has 0 unspecified atom stereocenters. The SMILES string of the molecule is Cc1ccc(CCNC(=O)Nc2cccc(C)n2)cc1. The molecule has 0 fully saturated rings. The monoisotopic (exact) mass is 269 g/mol. The summed E-state index contributed by atoms with van der Waals surface area (Å²) in [7, 11) is 0. The van der Waals surface area contributed by atoms with E-state index in [-0.39, 0.29) is 6.03 Å². The van der Waals surface area contributed by atoms with Crippen molar-refractivity contribution in [3.05, 3.63) is 59.3 Å². The molecule has 0 saturated heterocycles. The molecule has 0 radical (unpaired) electrons. The van der Waals surface area contributed by atoms with Crippen molar-refractivity contribution in [3.63, 3.8) is 0 Å². The molecular formula is C16H19N3O. The Morgan fingerprint density at radius 3 is 2.55 bits per heavy atom. The predicted molar refractivity (Wildman–Crippen MR) is 80.9 cm³/mol. The van der Waals surface area contributed by atoms with E-state index < -0.39 is 0 Å². The molecule has 0 aliphatic carbocycles. The fourth-order valence-electron chi connectivity index (χ4n) is 1.85. The number of carbonyl (C=O) groups excluding carboxylic acids is 1. The summed E-state index contributed by atoms with van der Waals surface area (Å²) in [6.07, 6.45) is 0.814. The normalized spacial score (nSPS) is 10.1. The molecule has 2 aromatic rings. The van der Waals surface area contributed by atoms with Gasteiger partial charge in [0.15, 0.2) is 0 Å². The number of carbonyl (C=O) groups is 1. The second-order valence-corrected chi connectivity index (χ2v) is 4.78. The smallest absolute Gasteiger partial charge is 0.320 e. The minimum atomic E-state index is -0.227. The molecule has 0 atom stereocenters. The van der Waals surface area contributed by atoms with Gasteiger partial charge in [-0.05, 0) is 38.0 Å². The van der Waals surface area contributed by atoms with Gasteiger partial charge in [-0.25, -0.2) is 9.78 Å². The number of hydrogen-bond donors (Lipinski definition) is 2. The van der Waals surface area contributed by atoms with E-state index >= 15 is 0 Å². The molecule has 0 aliphatic heterocycles. The Morgan fingerprint density at radius 2 is 1.85 bits per heavy atom. The lowest BCUT2D eigenvalue weighted by molar-refractivity contribution is 0.252. The minimum Gasteiger partial charge on any atom is -0.337 e. The van der Waals surface area contributed by atoms with Crippen LogP contribution in [0.5, 0.6) is 0 Å². The summed E-state index contributed by atoms with van der Waals surface area (Å²) in [6, 6.07) is 13.6. The van der Waals surface area contributed by atoms with Crippen molar-refractivity contribution in [1.29, 1.82) is 0 Å². The lowest BCUT2D eigenvalue weighted by atomic mass is 10.1. The third-order valence-corrected chi connectivity index (χ3v) is 2.95. The highest BCUT2D eigenvalue weighted by molar-refractivity contribution is 5.88. The third kappa shape index (κ3) is 4.39. The average Bonchev–Trinajstić information content (AvgIpc) is 2.41. The van der Waals surface area contributed by atoms with Gasteiger partial charge < -0.3 is 5.32 Å². The second-order valence-electron chi connectivity index (χ2n) is 4.78. The van der Waals surface area contributed by atoms with Crippen LogP contribution in [-0.2, 0) is 6.42 Å². The lowest BCUT2D eigenvalue weighted by Crippen LogP contribution is -2.30. The van der Waals surface area contributed by atoms with Crippen LogP contribution in [0.2, 0.25) is 0 Å². The number of urea groups is 1. The lowest BCUT2D eigenvalue weighted by Gasteiger charge is -2.07. The Bertz CT molecular complexity index is 579. The highest BCUT2D eigenvalue weighted by atomic mass is 16.2. The molecule has 1 aromatic heterocycles. The molecule has 2 N–H and O–H groups in total. The number of nitrogens with one attached hydrogen (secondary N) is 2. The standard InChI is InChI=1S/C16H19N3O/c1-12-6-8-14(9-7-12)10-11-17-16(20)19-15-5-3-4-13(2)18-15/h3-9H,10-11H2,1-2H3,(H2,17,18,19,20). The van der Waals surface area contributed by atoms with Crippen LogP contribution < -0.4 is 10.6 Å². The zero-order valence-electron chi connectivity index (χ0n) is 11.8. The Labute approximate surface area is 119 Å². The number of aromatic nitrogens is 1. The van der Waals surface area contributed by atoms with E-state index in [2.05, 4.69) is 46.8 Å². The number of anilines is 1. The van der Waals surface area contributed by atoms with Gasteiger partial charge in [0.05, 0.1) is 0 Å². The van der Waals surface area contributed by atoms with Crippen molar-refractivity contribution >= 4 is 11.8 Å². The van der Waals surface area contributed by atoms with E-state index in [0.29, 0.717) is 12.4 Å². The summed E-state index contributed by atoms with van der Waals surface area (Å²) in [4.78, 5) is 15.9. The Morgan fingerprint density at radius 1 is 1.10 bits per heavy atom. The Balaban J connectivity index is 1.76. The minimum absolute atomic E-state index is 0.227. The van der Waals surface area contributed by atoms with Crippen LogP contribution in [0.15, 0.2) is 42.5 Å². The Hall–Kier alpha value is -2.36. The number of benzene rings is 1. The first-order valence-electron chi connectivity index (χ1n) is 6.67. The molecule has 4 nitrogen and oxygen atoms in total. The van der Waals surface area contributed by atoms with E-state index in [1.54, 1.807) is 6.07 Å². The average molecular weight is 269 g/mol. The van der Waals surface area contributed by atoms with Crippen LogP contribution in [0, 0.1) is 13.8 Å². The first-order valence-corrected chi connectivity index (χ1v) is 6.67. The summed E-state index contributed by atoms with van der Waals surface area (Å²) in [5, 5.41) is 5.54. The fraction of sp³-hybridized carbons (Fsp3) is 0.250. The number of hydrogen-bond acceptors (Lipinski definition) is 2. The van der Waals surface area contributed by atoms with Gasteiger partial charge in [-0.2, -0.15) is 0 Å². The Kier molecular flexibility index (Phi) is 4.71. The van der Waals surface area contributed by atoms with Crippen LogP contribution in [-0.4, -0.2) is 17.6 Å². The van der Waals surface area contributed by atoms with Crippen LogP contribution in [0.4, 0.5) is 10.6 Å². The van der Waals surface area contributed by atoms with Crippen molar-refractivity contribution in [3.8, 4) is 0 Å². The predicted octanol–water partition coefficient (Wildman–Crippen LogP) is 3.06. The molecule has 0 bridgehead atoms. The molecule has 20 heavy (non-hydrogen) atoms. The quantitative estimate of drug-likeness (QED) is 0.896. The van der Waals surface area contributed by atoms with Crippen molar-refractivity contribution < 1.29 is 4.79 Å². The van der Waals surface area contributed by atoms with Gasteiger partial charge in [0.1, 0.15) is 5.82 Å². The second kappa shape index (κ2) is 6.70. The molecule has 0 spiro atoms. The van der Waals surface area contributed by atoms with Crippen LogP contribution in [0.3, 0.4) is 0 Å². The molecule has 1 heterocycles. The summed E-state index contributed by atoms with van der Waals surface area (Å²) in [5.74, 6) is 0.567. The zero-order valence-corrected chi connectivity index (χ0v) is 11.8. The summed E-state index contributed by atoms with van der Waals surface area (Å²) in [6.45, 7) is 4.55. The van der Waals surface area contributed by atoms with Gasteiger partial charge in [0.25, 0.3) is 0 Å². The van der Waals surface area contributed by atoms with E-state index in [0.717, 1.165) is 12.1 Å². The number of pyridine rings is 1. The molecule has 2 rings (SSSR count). The molecule has 0 saturated carbocycles. The molecule has 4 heteroatoms. The van der Waals surface area contributed by atoms with Gasteiger partial charge in [-0.1, -0.05) is 35.9 Å². The molecule has 0 aliphatic rings. The molecule has 104 valence electrons. The highest BCUT2D eigenvalue weighted by Gasteiger charge is 2.02. The largest absolute Gasteiger partial charge is 0.337 e. The maximum Gasteiger partial charge on any atom is 0.320 e. The van der Waals surface area contributed by atoms with Crippen LogP contribution >= 0.6 is 0 Å². The van der Waals surface area contributed by atoms with E-state index in [4.69, 9.17) is 0 Å². The van der Waals surface area contributed by atoms with Crippen LogP contribution in [0.25, 0.3) is 0 Å². The van der Waals surface area contributed by atoms with Crippen molar-refractivity contribution in [2.75, 3.05) is 11.9 Å². The third-order valence-electron chi connectivity index (χ3n) is 2.95. The molecule has 2 amide bonds. The van der Waals surface area contributed by atoms with E-state index in [1.165, 1.54) is 11.1 Å².